The smallest absolute Gasteiger partial charge is 0.323 e. The molecule has 2 N–H and O–H groups in total. The van der Waals surface area contributed by atoms with Crippen LogP contribution in [0.2, 0.25) is 5.15 Å². The summed E-state index contributed by atoms with van der Waals surface area (Å²) in [5.74, 6) is 1.59. The van der Waals surface area contributed by atoms with Gasteiger partial charge in [0.15, 0.2) is 0 Å². The lowest BCUT2D eigenvalue weighted by molar-refractivity contribution is 0.131. The summed E-state index contributed by atoms with van der Waals surface area (Å²) in [6.07, 6.45) is 0. The Labute approximate surface area is 200 Å². The number of nitrogens with zero attached hydrogens (tertiary/aromatic N) is 1. The molecule has 0 bridgehead atoms. The molecule has 1 heterocycles. The van der Waals surface area contributed by atoms with Crippen LogP contribution in [-0.4, -0.2) is 16.6 Å². The van der Waals surface area contributed by atoms with Gasteiger partial charge in [-0.25, -0.2) is 4.79 Å². The van der Waals surface area contributed by atoms with Gasteiger partial charge >= 0.3 is 6.03 Å². The van der Waals surface area contributed by atoms with Gasteiger partial charge in [0.1, 0.15) is 27.9 Å². The van der Waals surface area contributed by atoms with Gasteiger partial charge in [0, 0.05) is 11.3 Å². The van der Waals surface area contributed by atoms with E-state index in [1.54, 1.807) is 24.3 Å². The Bertz CT molecular complexity index is 1120. The number of aromatic nitrogens is 1. The Morgan fingerprint density at radius 2 is 1.55 bits per heavy atom. The number of hydrogen-bond donors (Lipinski definition) is 2. The molecule has 0 aliphatic rings. The van der Waals surface area contributed by atoms with Crippen LogP contribution in [0.5, 0.6) is 17.4 Å². The van der Waals surface area contributed by atoms with Crippen LogP contribution in [0.25, 0.3) is 0 Å². The monoisotopic (exact) mass is 467 g/mol. The van der Waals surface area contributed by atoms with Crippen molar-refractivity contribution >= 4 is 29.0 Å². The molecule has 2 amide bonds. The molecule has 174 valence electrons. The molecule has 0 saturated heterocycles. The molecule has 0 radical (unpaired) electrons. The first-order valence-corrected chi connectivity index (χ1v) is 11.1. The summed E-state index contributed by atoms with van der Waals surface area (Å²) >= 11 is 6.11. The van der Waals surface area contributed by atoms with E-state index in [-0.39, 0.29) is 22.0 Å². The van der Waals surface area contributed by atoms with Gasteiger partial charge in [0.25, 0.3) is 0 Å². The molecule has 0 aliphatic carbocycles. The second-order valence-corrected chi connectivity index (χ2v) is 10.0. The van der Waals surface area contributed by atoms with Crippen LogP contribution in [0.3, 0.4) is 0 Å². The summed E-state index contributed by atoms with van der Waals surface area (Å²) < 4.78 is 11.9. The minimum Gasteiger partial charge on any atom is -0.488 e. The Kier molecular flexibility index (Phi) is 7.18. The van der Waals surface area contributed by atoms with E-state index in [0.29, 0.717) is 17.1 Å². The van der Waals surface area contributed by atoms with Crippen LogP contribution in [0, 0.1) is 0 Å². The molecule has 0 atom stereocenters. The van der Waals surface area contributed by atoms with E-state index in [2.05, 4.69) is 36.4 Å². The van der Waals surface area contributed by atoms with Crippen molar-refractivity contribution in [1.29, 1.82) is 0 Å². The van der Waals surface area contributed by atoms with Crippen LogP contribution >= 0.6 is 11.6 Å². The first-order valence-electron chi connectivity index (χ1n) is 10.7. The number of benzene rings is 2. The van der Waals surface area contributed by atoms with Gasteiger partial charge in [0.05, 0.1) is 0 Å². The lowest BCUT2D eigenvalue weighted by Crippen LogP contribution is -2.23. The van der Waals surface area contributed by atoms with E-state index in [0.717, 1.165) is 11.3 Å². The maximum absolute atomic E-state index is 12.6. The zero-order valence-corrected chi connectivity index (χ0v) is 20.6. The molecule has 0 aliphatic heterocycles. The van der Waals surface area contributed by atoms with Crippen molar-refractivity contribution in [2.45, 2.75) is 52.6 Å². The highest BCUT2D eigenvalue weighted by Crippen LogP contribution is 2.36. The molecular formula is C26H30ClN3O3. The molecule has 0 unspecified atom stereocenters. The average Bonchev–Trinajstić information content (AvgIpc) is 2.70. The molecule has 2 aromatic carbocycles. The van der Waals surface area contributed by atoms with Crippen molar-refractivity contribution < 1.29 is 14.3 Å². The van der Waals surface area contributed by atoms with Crippen LogP contribution in [0.4, 0.5) is 16.2 Å². The molecule has 0 spiro atoms. The minimum absolute atomic E-state index is 0.136. The second kappa shape index (κ2) is 9.71. The molecule has 3 aromatic rings. The summed E-state index contributed by atoms with van der Waals surface area (Å²) in [5, 5.41) is 5.85. The number of rotatable bonds is 5. The van der Waals surface area contributed by atoms with E-state index >= 15 is 0 Å². The van der Waals surface area contributed by atoms with Crippen molar-refractivity contribution in [2.75, 3.05) is 10.6 Å². The fourth-order valence-corrected chi connectivity index (χ4v) is 3.25. The molecule has 0 saturated carbocycles. The number of halogens is 1. The summed E-state index contributed by atoms with van der Waals surface area (Å²) in [5.41, 5.74) is 1.60. The van der Waals surface area contributed by atoms with E-state index in [1.165, 1.54) is 0 Å². The van der Waals surface area contributed by atoms with Crippen molar-refractivity contribution in [3.8, 4) is 17.4 Å². The summed E-state index contributed by atoms with van der Waals surface area (Å²) in [6, 6.07) is 17.7. The lowest BCUT2D eigenvalue weighted by atomic mass is 9.86. The highest BCUT2D eigenvalue weighted by molar-refractivity contribution is 6.29. The van der Waals surface area contributed by atoms with Gasteiger partial charge in [-0.05, 0) is 68.7 Å². The quantitative estimate of drug-likeness (QED) is 0.378. The van der Waals surface area contributed by atoms with Crippen molar-refractivity contribution in [3.05, 3.63) is 71.4 Å². The molecular weight excluding hydrogens is 438 g/mol. The first-order chi connectivity index (χ1) is 15.4. The largest absolute Gasteiger partial charge is 0.488 e. The van der Waals surface area contributed by atoms with E-state index < -0.39 is 6.03 Å². The Morgan fingerprint density at radius 3 is 2.18 bits per heavy atom. The normalized spacial score (nSPS) is 11.6. The predicted octanol–water partition coefficient (Wildman–Crippen LogP) is 7.65. The molecule has 33 heavy (non-hydrogen) atoms. The van der Waals surface area contributed by atoms with Crippen LogP contribution in [0.1, 0.15) is 47.1 Å². The number of anilines is 2. The lowest BCUT2D eigenvalue weighted by Gasteiger charge is -2.23. The number of para-hydroxylation sites is 1. The third kappa shape index (κ3) is 7.12. The minimum atomic E-state index is -0.433. The highest BCUT2D eigenvalue weighted by Gasteiger charge is 2.20. The third-order valence-electron chi connectivity index (χ3n) is 4.51. The van der Waals surface area contributed by atoms with Gasteiger partial charge < -0.3 is 20.1 Å². The SMILES string of the molecule is CC(C)(C)Oc1ccc(NC(=O)Nc2ccc(Cl)nc2Oc2ccccc2C(C)(C)C)cc1. The second-order valence-electron chi connectivity index (χ2n) is 9.65. The van der Waals surface area contributed by atoms with E-state index in [4.69, 9.17) is 21.1 Å². The fourth-order valence-electron chi connectivity index (χ4n) is 3.11. The Morgan fingerprint density at radius 1 is 0.879 bits per heavy atom. The summed E-state index contributed by atoms with van der Waals surface area (Å²) in [7, 11) is 0. The van der Waals surface area contributed by atoms with Gasteiger partial charge in [0.2, 0.25) is 5.88 Å². The van der Waals surface area contributed by atoms with E-state index in [9.17, 15) is 4.79 Å². The summed E-state index contributed by atoms with van der Waals surface area (Å²) in [4.78, 5) is 16.9. The number of hydrogen-bond acceptors (Lipinski definition) is 4. The van der Waals surface area contributed by atoms with E-state index in [1.807, 2.05) is 57.2 Å². The van der Waals surface area contributed by atoms with Gasteiger partial charge in [-0.2, -0.15) is 4.98 Å². The number of pyridine rings is 1. The van der Waals surface area contributed by atoms with Gasteiger partial charge in [-0.3, -0.25) is 0 Å². The number of nitrogens with one attached hydrogen (secondary N) is 2. The molecule has 6 nitrogen and oxygen atoms in total. The van der Waals surface area contributed by atoms with Crippen LogP contribution in [0.15, 0.2) is 60.7 Å². The molecule has 7 heteroatoms. The molecule has 1 aromatic heterocycles. The third-order valence-corrected chi connectivity index (χ3v) is 4.72. The number of carbonyl (C=O) groups is 1. The van der Waals surface area contributed by atoms with Gasteiger partial charge in [-0.1, -0.05) is 50.6 Å². The average molecular weight is 468 g/mol. The number of urea groups is 1. The Hall–Kier alpha value is -3.25. The predicted molar refractivity (Wildman–Crippen MR) is 134 cm³/mol. The topological polar surface area (TPSA) is 72.5 Å². The first kappa shape index (κ1) is 24.4. The van der Waals surface area contributed by atoms with Crippen molar-refractivity contribution in [3.63, 3.8) is 0 Å². The van der Waals surface area contributed by atoms with Crippen molar-refractivity contribution in [1.82, 2.24) is 4.98 Å². The maximum atomic E-state index is 12.6. The highest BCUT2D eigenvalue weighted by atomic mass is 35.5. The van der Waals surface area contributed by atoms with Crippen LogP contribution < -0.4 is 20.1 Å². The standard InChI is InChI=1S/C26H30ClN3O3/c1-25(2,3)19-9-7-8-10-21(19)32-23-20(15-16-22(27)30-23)29-24(31)28-17-11-13-18(14-12-17)33-26(4,5)6/h7-16H,1-6H3,(H2,28,29,31). The zero-order chi connectivity index (χ0) is 24.2. The number of carbonyl (C=O) groups excluding carboxylic acids is 1. The molecule has 3 rings (SSSR count). The zero-order valence-electron chi connectivity index (χ0n) is 19.8. The van der Waals surface area contributed by atoms with Gasteiger partial charge in [-0.15, -0.1) is 0 Å². The summed E-state index contributed by atoms with van der Waals surface area (Å²) in [6.45, 7) is 12.2. The van der Waals surface area contributed by atoms with Crippen molar-refractivity contribution in [2.24, 2.45) is 0 Å². The number of ether oxygens (including phenoxy) is 2. The Balaban J connectivity index is 1.75. The van der Waals surface area contributed by atoms with Crippen LogP contribution in [-0.2, 0) is 5.41 Å². The number of amides is 2. The maximum Gasteiger partial charge on any atom is 0.323 e. The fraction of sp³-hybridized carbons (Fsp3) is 0.308. The molecule has 0 fully saturated rings.